The molecule has 98 valence electrons. The number of nitrogens with one attached hydrogen (secondary N) is 1. The number of hydrogen-bond donors (Lipinski definition) is 3. The molecular formula is C13H24N2O2. The molecule has 0 spiro atoms. The lowest BCUT2D eigenvalue weighted by Crippen LogP contribution is -2.48. The van der Waals surface area contributed by atoms with Gasteiger partial charge in [-0.3, -0.25) is 4.79 Å². The molecule has 2 saturated carbocycles. The molecule has 4 heteroatoms. The molecule has 2 rings (SSSR count). The van der Waals surface area contributed by atoms with E-state index < -0.39 is 0 Å². The number of carbonyl (C=O) groups is 1. The molecule has 2 fully saturated rings. The molecule has 0 aromatic heterocycles. The standard InChI is InChI=1S/C13H24N2O2/c14-8-13(4-2-1-3-5-13)11(17)15-9-12(10-16)6-7-12/h16H,1-10,14H2,(H,15,17). The number of rotatable bonds is 5. The molecule has 2 aliphatic rings. The Labute approximate surface area is 103 Å². The van der Waals surface area contributed by atoms with Gasteiger partial charge < -0.3 is 16.2 Å². The Morgan fingerprint density at radius 3 is 2.29 bits per heavy atom. The highest BCUT2D eigenvalue weighted by Crippen LogP contribution is 2.44. The fourth-order valence-electron chi connectivity index (χ4n) is 2.78. The van der Waals surface area contributed by atoms with Gasteiger partial charge in [-0.2, -0.15) is 0 Å². The molecule has 0 radical (unpaired) electrons. The minimum absolute atomic E-state index is 0.0138. The van der Waals surface area contributed by atoms with Crippen LogP contribution >= 0.6 is 0 Å². The van der Waals surface area contributed by atoms with Crippen molar-refractivity contribution in [2.24, 2.45) is 16.6 Å². The van der Waals surface area contributed by atoms with Crippen LogP contribution in [0.4, 0.5) is 0 Å². The summed E-state index contributed by atoms with van der Waals surface area (Å²) in [4.78, 5) is 12.3. The van der Waals surface area contributed by atoms with E-state index in [1.165, 1.54) is 6.42 Å². The van der Waals surface area contributed by atoms with E-state index in [4.69, 9.17) is 5.73 Å². The molecule has 0 unspecified atom stereocenters. The second-order valence-corrected chi connectivity index (χ2v) is 5.89. The van der Waals surface area contributed by atoms with Crippen molar-refractivity contribution in [3.63, 3.8) is 0 Å². The highest BCUT2D eigenvalue weighted by molar-refractivity contribution is 5.83. The van der Waals surface area contributed by atoms with Gasteiger partial charge in [-0.1, -0.05) is 19.3 Å². The number of aliphatic hydroxyl groups is 1. The van der Waals surface area contributed by atoms with E-state index in [2.05, 4.69) is 5.32 Å². The maximum Gasteiger partial charge on any atom is 0.227 e. The molecular weight excluding hydrogens is 216 g/mol. The summed E-state index contributed by atoms with van der Waals surface area (Å²) in [6.45, 7) is 1.25. The van der Waals surface area contributed by atoms with Gasteiger partial charge in [-0.05, 0) is 25.7 Å². The normalized spacial score (nSPS) is 25.3. The van der Waals surface area contributed by atoms with E-state index in [9.17, 15) is 9.90 Å². The molecule has 17 heavy (non-hydrogen) atoms. The van der Waals surface area contributed by atoms with Crippen molar-refractivity contribution in [1.82, 2.24) is 5.32 Å². The Kier molecular flexibility index (Phi) is 3.73. The minimum Gasteiger partial charge on any atom is -0.396 e. The van der Waals surface area contributed by atoms with Crippen molar-refractivity contribution in [3.05, 3.63) is 0 Å². The lowest BCUT2D eigenvalue weighted by atomic mass is 9.73. The third-order valence-corrected chi connectivity index (χ3v) is 4.60. The first-order valence-electron chi connectivity index (χ1n) is 6.76. The molecule has 0 saturated heterocycles. The van der Waals surface area contributed by atoms with Crippen LogP contribution < -0.4 is 11.1 Å². The molecule has 0 bridgehead atoms. The summed E-state index contributed by atoms with van der Waals surface area (Å²) >= 11 is 0. The zero-order valence-corrected chi connectivity index (χ0v) is 10.5. The highest BCUT2D eigenvalue weighted by Gasteiger charge is 2.44. The average Bonchev–Trinajstić information content (AvgIpc) is 3.17. The second-order valence-electron chi connectivity index (χ2n) is 5.89. The molecule has 4 nitrogen and oxygen atoms in total. The first-order valence-corrected chi connectivity index (χ1v) is 6.76. The molecule has 0 aromatic rings. The molecule has 4 N–H and O–H groups in total. The second kappa shape index (κ2) is 4.94. The van der Waals surface area contributed by atoms with Crippen molar-refractivity contribution in [3.8, 4) is 0 Å². The fourth-order valence-corrected chi connectivity index (χ4v) is 2.78. The monoisotopic (exact) mass is 240 g/mol. The number of hydrogen-bond acceptors (Lipinski definition) is 3. The van der Waals surface area contributed by atoms with Crippen molar-refractivity contribution in [1.29, 1.82) is 0 Å². The van der Waals surface area contributed by atoms with Crippen molar-refractivity contribution >= 4 is 5.91 Å². The first kappa shape index (κ1) is 12.8. The summed E-state index contributed by atoms with van der Waals surface area (Å²) in [6.07, 6.45) is 7.32. The zero-order chi connectivity index (χ0) is 12.4. The average molecular weight is 240 g/mol. The van der Waals surface area contributed by atoms with Crippen LogP contribution in [0.25, 0.3) is 0 Å². The number of aliphatic hydroxyl groups excluding tert-OH is 1. The smallest absolute Gasteiger partial charge is 0.227 e. The molecule has 0 atom stereocenters. The van der Waals surface area contributed by atoms with Gasteiger partial charge in [-0.15, -0.1) is 0 Å². The van der Waals surface area contributed by atoms with Crippen LogP contribution in [0, 0.1) is 10.8 Å². The van der Waals surface area contributed by atoms with Gasteiger partial charge in [0.2, 0.25) is 5.91 Å². The van der Waals surface area contributed by atoms with Gasteiger partial charge in [0.05, 0.1) is 12.0 Å². The maximum absolute atomic E-state index is 12.3. The van der Waals surface area contributed by atoms with Gasteiger partial charge in [0.1, 0.15) is 0 Å². The largest absolute Gasteiger partial charge is 0.396 e. The summed E-state index contributed by atoms with van der Waals surface area (Å²) in [5.74, 6) is 0.111. The van der Waals surface area contributed by atoms with Crippen LogP contribution in [0.2, 0.25) is 0 Å². The van der Waals surface area contributed by atoms with Gasteiger partial charge in [-0.25, -0.2) is 0 Å². The number of amides is 1. The van der Waals surface area contributed by atoms with Crippen LogP contribution in [0.1, 0.15) is 44.9 Å². The Morgan fingerprint density at radius 1 is 1.18 bits per heavy atom. The number of nitrogens with two attached hydrogens (primary N) is 1. The topological polar surface area (TPSA) is 75.4 Å². The summed E-state index contributed by atoms with van der Waals surface area (Å²) in [5, 5.41) is 12.2. The number of carbonyl (C=O) groups excluding carboxylic acids is 1. The highest BCUT2D eigenvalue weighted by atomic mass is 16.3. The molecule has 0 aromatic carbocycles. The van der Waals surface area contributed by atoms with Gasteiger partial charge >= 0.3 is 0 Å². The van der Waals surface area contributed by atoms with E-state index in [0.29, 0.717) is 13.1 Å². The summed E-state index contributed by atoms with van der Waals surface area (Å²) in [7, 11) is 0. The minimum atomic E-state index is -0.330. The molecule has 0 aliphatic heterocycles. The van der Waals surface area contributed by atoms with Crippen LogP contribution in [0.3, 0.4) is 0 Å². The van der Waals surface area contributed by atoms with Crippen molar-refractivity contribution < 1.29 is 9.90 Å². The maximum atomic E-state index is 12.3. The SMILES string of the molecule is NCC1(C(=O)NCC2(CO)CC2)CCCCC1. The van der Waals surface area contributed by atoms with Crippen LogP contribution in [-0.4, -0.2) is 30.7 Å². The molecule has 1 amide bonds. The quantitative estimate of drug-likeness (QED) is 0.665. The Morgan fingerprint density at radius 2 is 1.82 bits per heavy atom. The van der Waals surface area contributed by atoms with E-state index in [1.807, 2.05) is 0 Å². The van der Waals surface area contributed by atoms with E-state index in [1.54, 1.807) is 0 Å². The zero-order valence-electron chi connectivity index (χ0n) is 10.5. The van der Waals surface area contributed by atoms with E-state index in [-0.39, 0.29) is 23.3 Å². The summed E-state index contributed by atoms with van der Waals surface area (Å²) in [5.41, 5.74) is 5.47. The molecule has 2 aliphatic carbocycles. The first-order chi connectivity index (χ1) is 8.16. The third-order valence-electron chi connectivity index (χ3n) is 4.60. The van der Waals surface area contributed by atoms with Crippen LogP contribution in [-0.2, 0) is 4.79 Å². The lowest BCUT2D eigenvalue weighted by Gasteiger charge is -2.35. The lowest BCUT2D eigenvalue weighted by molar-refractivity contribution is -0.132. The Balaban J connectivity index is 1.88. The van der Waals surface area contributed by atoms with Crippen molar-refractivity contribution in [2.45, 2.75) is 44.9 Å². The van der Waals surface area contributed by atoms with Gasteiger partial charge in [0, 0.05) is 18.5 Å². The molecule has 0 heterocycles. The third kappa shape index (κ3) is 2.63. The van der Waals surface area contributed by atoms with Crippen molar-refractivity contribution in [2.75, 3.05) is 19.7 Å². The Bertz CT molecular complexity index is 281. The predicted octanol–water partition coefficient (Wildman–Crippen LogP) is 0.784. The van der Waals surface area contributed by atoms with Crippen LogP contribution in [0.5, 0.6) is 0 Å². The van der Waals surface area contributed by atoms with Gasteiger partial charge in [0.15, 0.2) is 0 Å². The van der Waals surface area contributed by atoms with E-state index in [0.717, 1.165) is 38.5 Å². The Hall–Kier alpha value is -0.610. The van der Waals surface area contributed by atoms with Crippen LogP contribution in [0.15, 0.2) is 0 Å². The summed E-state index contributed by atoms with van der Waals surface area (Å²) < 4.78 is 0. The summed E-state index contributed by atoms with van der Waals surface area (Å²) in [6, 6.07) is 0. The fraction of sp³-hybridized carbons (Fsp3) is 0.923. The van der Waals surface area contributed by atoms with Gasteiger partial charge in [0.25, 0.3) is 0 Å². The van der Waals surface area contributed by atoms with E-state index >= 15 is 0 Å². The predicted molar refractivity (Wildman–Crippen MR) is 66.3 cm³/mol.